The Balaban J connectivity index is 1.19. The summed E-state index contributed by atoms with van der Waals surface area (Å²) in [5.74, 6) is 0.237. The Morgan fingerprint density at radius 2 is 1.76 bits per heavy atom. The molecule has 11 nitrogen and oxygen atoms in total. The second-order valence-corrected chi connectivity index (χ2v) is 13.1. The van der Waals surface area contributed by atoms with E-state index in [9.17, 15) is 12.8 Å². The first kappa shape index (κ1) is 29.0. The molecule has 6 heterocycles. The van der Waals surface area contributed by atoms with Gasteiger partial charge in [0, 0.05) is 59.1 Å². The fourth-order valence-electron chi connectivity index (χ4n) is 5.75. The van der Waals surface area contributed by atoms with Gasteiger partial charge in [0.1, 0.15) is 23.9 Å². The molecule has 7 rings (SSSR count). The number of rotatable bonds is 10. The predicted octanol–water partition coefficient (Wildman–Crippen LogP) is 4.89. The number of H-pyrrole nitrogens is 2. The fraction of sp³-hybridized carbons (Fsp3) is 0.250. The summed E-state index contributed by atoms with van der Waals surface area (Å²) in [6.07, 6.45) is 12.2. The van der Waals surface area contributed by atoms with Gasteiger partial charge in [-0.3, -0.25) is 20.0 Å². The number of ether oxygens (including phenoxy) is 1. The van der Waals surface area contributed by atoms with Gasteiger partial charge in [0.15, 0.2) is 5.65 Å². The highest BCUT2D eigenvalue weighted by Crippen LogP contribution is 2.35. The first-order chi connectivity index (χ1) is 21.8. The van der Waals surface area contributed by atoms with E-state index in [2.05, 4.69) is 39.8 Å². The van der Waals surface area contributed by atoms with E-state index in [0.717, 1.165) is 59.0 Å². The van der Waals surface area contributed by atoms with Crippen molar-refractivity contribution in [2.24, 2.45) is 0 Å². The average Bonchev–Trinajstić information content (AvgIpc) is 3.79. The van der Waals surface area contributed by atoms with Crippen LogP contribution in [0.5, 0.6) is 5.75 Å². The number of nitrogens with zero attached hydrogens (tertiary/aromatic N) is 5. The van der Waals surface area contributed by atoms with Crippen LogP contribution in [0.3, 0.4) is 0 Å². The molecule has 0 unspecified atom stereocenters. The molecule has 6 aromatic rings. The van der Waals surface area contributed by atoms with Gasteiger partial charge in [-0.25, -0.2) is 22.5 Å². The summed E-state index contributed by atoms with van der Waals surface area (Å²) < 4.78 is 46.2. The van der Waals surface area contributed by atoms with Crippen molar-refractivity contribution in [2.75, 3.05) is 32.5 Å². The number of benzene rings is 1. The van der Waals surface area contributed by atoms with E-state index in [-0.39, 0.29) is 6.54 Å². The third kappa shape index (κ3) is 6.41. The molecular formula is C32H31FN8O3S. The Bertz CT molecular complexity index is 2120. The molecule has 45 heavy (non-hydrogen) atoms. The van der Waals surface area contributed by atoms with Gasteiger partial charge in [-0.15, -0.1) is 0 Å². The zero-order valence-electron chi connectivity index (χ0n) is 24.5. The van der Waals surface area contributed by atoms with E-state index in [1.165, 1.54) is 25.0 Å². The lowest BCUT2D eigenvalue weighted by Crippen LogP contribution is -2.25. The number of halogens is 1. The van der Waals surface area contributed by atoms with Gasteiger partial charge in [-0.2, -0.15) is 5.10 Å². The highest BCUT2D eigenvalue weighted by Gasteiger charge is 2.17. The van der Waals surface area contributed by atoms with Crippen molar-refractivity contribution >= 4 is 32.0 Å². The number of nitrogens with one attached hydrogen (secondary N) is 3. The van der Waals surface area contributed by atoms with Gasteiger partial charge < -0.3 is 9.72 Å². The molecule has 0 spiro atoms. The molecular weight excluding hydrogens is 595 g/mol. The van der Waals surface area contributed by atoms with Gasteiger partial charge in [0.2, 0.25) is 10.0 Å². The molecule has 230 valence electrons. The summed E-state index contributed by atoms with van der Waals surface area (Å²) in [4.78, 5) is 19.2. The van der Waals surface area contributed by atoms with Gasteiger partial charge >= 0.3 is 0 Å². The number of fused-ring (bicyclic) bond motifs is 2. The largest absolute Gasteiger partial charge is 0.491 e. The van der Waals surface area contributed by atoms with E-state index in [4.69, 9.17) is 4.74 Å². The van der Waals surface area contributed by atoms with Gasteiger partial charge in [0.05, 0.1) is 29.9 Å². The van der Waals surface area contributed by atoms with Crippen molar-refractivity contribution in [3.8, 4) is 39.4 Å². The average molecular weight is 627 g/mol. The van der Waals surface area contributed by atoms with Crippen molar-refractivity contribution in [3.05, 3.63) is 78.8 Å². The van der Waals surface area contributed by atoms with Crippen molar-refractivity contribution < 1.29 is 17.5 Å². The maximum Gasteiger partial charge on any atom is 0.209 e. The number of aromatic nitrogens is 6. The second-order valence-electron chi connectivity index (χ2n) is 11.3. The Hall–Kier alpha value is -4.72. The molecule has 0 amide bonds. The Labute approximate surface area is 258 Å². The molecule has 0 atom stereocenters. The third-order valence-corrected chi connectivity index (χ3v) is 8.61. The van der Waals surface area contributed by atoms with Crippen LogP contribution in [0.25, 0.3) is 55.6 Å². The zero-order chi connectivity index (χ0) is 31.0. The molecule has 0 aliphatic carbocycles. The van der Waals surface area contributed by atoms with Crippen LogP contribution in [-0.4, -0.2) is 75.9 Å². The number of sulfonamides is 1. The molecule has 1 aliphatic rings. The normalized spacial score (nSPS) is 14.1. The van der Waals surface area contributed by atoms with Crippen molar-refractivity contribution in [3.63, 3.8) is 0 Å². The number of likely N-dealkylation sites (tertiary alicyclic amines) is 1. The van der Waals surface area contributed by atoms with Crippen LogP contribution in [-0.2, 0) is 16.6 Å². The monoisotopic (exact) mass is 626 g/mol. The maximum absolute atomic E-state index is 14.6. The smallest absolute Gasteiger partial charge is 0.209 e. The van der Waals surface area contributed by atoms with Crippen molar-refractivity contribution in [1.29, 1.82) is 0 Å². The number of pyridine rings is 3. The Kier molecular flexibility index (Phi) is 7.73. The van der Waals surface area contributed by atoms with Gasteiger partial charge in [-0.05, 0) is 73.5 Å². The van der Waals surface area contributed by atoms with Crippen LogP contribution in [0.1, 0.15) is 18.4 Å². The maximum atomic E-state index is 14.6. The minimum Gasteiger partial charge on any atom is -0.491 e. The minimum absolute atomic E-state index is 0.0247. The van der Waals surface area contributed by atoms with Crippen LogP contribution >= 0.6 is 0 Å². The standard InChI is InChI=1S/C32H31FN8O3S/c1-45(42,43)37-14-20-8-21(10-24(33)9-20)28-18-35-19-30-26(28)13-29(38-30)31-27-12-23(16-36-32(27)40-39-31)22-11-25(17-34-15-22)44-7-6-41-4-2-3-5-41/h8-13,15-19,37-38H,2-7,14H2,1H3,(H,36,39,40). The molecule has 0 saturated carbocycles. The summed E-state index contributed by atoms with van der Waals surface area (Å²) in [7, 11) is -3.43. The SMILES string of the molecule is CS(=O)(=O)NCc1cc(F)cc(-c2cncc3[nH]c(-c4n[nH]c5ncc(-c6cncc(OCCN7CCCC7)c6)cc45)cc23)c1. The van der Waals surface area contributed by atoms with Crippen LogP contribution in [0.4, 0.5) is 4.39 Å². The number of hydrogen-bond acceptors (Lipinski definition) is 8. The molecule has 0 radical (unpaired) electrons. The van der Waals surface area contributed by atoms with Gasteiger partial charge in [-0.1, -0.05) is 0 Å². The minimum atomic E-state index is -3.43. The third-order valence-electron chi connectivity index (χ3n) is 7.95. The summed E-state index contributed by atoms with van der Waals surface area (Å²) in [6.45, 7) is 3.75. The Morgan fingerprint density at radius 1 is 0.933 bits per heavy atom. The highest BCUT2D eigenvalue weighted by molar-refractivity contribution is 7.88. The van der Waals surface area contributed by atoms with Crippen molar-refractivity contribution in [2.45, 2.75) is 19.4 Å². The topological polar surface area (TPSA) is 142 Å². The quantitative estimate of drug-likeness (QED) is 0.195. The second kappa shape index (κ2) is 12.0. The lowest BCUT2D eigenvalue weighted by molar-refractivity contribution is 0.237. The zero-order valence-corrected chi connectivity index (χ0v) is 25.4. The summed E-state index contributed by atoms with van der Waals surface area (Å²) in [5, 5.41) is 9.21. The van der Waals surface area contributed by atoms with E-state index in [1.807, 2.05) is 18.2 Å². The summed E-state index contributed by atoms with van der Waals surface area (Å²) in [6, 6.07) is 10.4. The Morgan fingerprint density at radius 3 is 2.60 bits per heavy atom. The van der Waals surface area contributed by atoms with E-state index < -0.39 is 15.8 Å². The first-order valence-electron chi connectivity index (χ1n) is 14.7. The van der Waals surface area contributed by atoms with Gasteiger partial charge in [0.25, 0.3) is 0 Å². The fourth-order valence-corrected chi connectivity index (χ4v) is 6.18. The summed E-state index contributed by atoms with van der Waals surface area (Å²) in [5.41, 5.74) is 6.30. The molecule has 3 N–H and O–H groups in total. The number of aromatic amines is 2. The molecule has 0 bridgehead atoms. The molecule has 5 aromatic heterocycles. The van der Waals surface area contributed by atoms with E-state index in [0.29, 0.717) is 40.4 Å². The summed E-state index contributed by atoms with van der Waals surface area (Å²) >= 11 is 0. The lowest BCUT2D eigenvalue weighted by Gasteiger charge is -2.15. The number of hydrogen-bond donors (Lipinski definition) is 3. The molecule has 1 fully saturated rings. The molecule has 1 aromatic carbocycles. The lowest BCUT2D eigenvalue weighted by atomic mass is 10.0. The van der Waals surface area contributed by atoms with Crippen LogP contribution in [0, 0.1) is 5.82 Å². The van der Waals surface area contributed by atoms with Crippen LogP contribution in [0.15, 0.2) is 67.4 Å². The van der Waals surface area contributed by atoms with Crippen LogP contribution < -0.4 is 9.46 Å². The predicted molar refractivity (Wildman–Crippen MR) is 170 cm³/mol. The molecule has 1 saturated heterocycles. The molecule has 1 aliphatic heterocycles. The molecule has 13 heteroatoms. The van der Waals surface area contributed by atoms with Crippen molar-refractivity contribution in [1.82, 2.24) is 39.8 Å². The highest BCUT2D eigenvalue weighted by atomic mass is 32.2. The first-order valence-corrected chi connectivity index (χ1v) is 16.5. The van der Waals surface area contributed by atoms with E-state index >= 15 is 0 Å². The van der Waals surface area contributed by atoms with E-state index in [1.54, 1.807) is 37.1 Å². The van der Waals surface area contributed by atoms with Crippen LogP contribution in [0.2, 0.25) is 0 Å².